The number of hydrogen-bond acceptors (Lipinski definition) is 5. The van der Waals surface area contributed by atoms with Gasteiger partial charge < -0.3 is 5.11 Å². The summed E-state index contributed by atoms with van der Waals surface area (Å²) in [5.41, 5.74) is 0.503. The van der Waals surface area contributed by atoms with E-state index in [1.165, 1.54) is 6.07 Å². The van der Waals surface area contributed by atoms with E-state index in [0.717, 1.165) is 17.6 Å². The van der Waals surface area contributed by atoms with E-state index in [0.29, 0.717) is 15.8 Å². The zero-order valence-corrected chi connectivity index (χ0v) is 12.7. The maximum absolute atomic E-state index is 13.1. The Balaban J connectivity index is 2.44. The van der Waals surface area contributed by atoms with Gasteiger partial charge in [0.05, 0.1) is 11.2 Å². The summed E-state index contributed by atoms with van der Waals surface area (Å²) < 4.78 is 39.3. The molecule has 6 nitrogen and oxygen atoms in total. The largest absolute Gasteiger partial charge is 0.476 e. The SMILES string of the molecule is O=C(O)c1ncsc1S(=O)(=O)Nc1cc(F)ccc1Br. The molecule has 106 valence electrons. The smallest absolute Gasteiger partial charge is 0.356 e. The number of carboxylic acids is 1. The Kier molecular flexibility index (Phi) is 4.06. The molecule has 1 aromatic carbocycles. The number of benzene rings is 1. The van der Waals surface area contributed by atoms with Crippen molar-refractivity contribution in [3.8, 4) is 0 Å². The van der Waals surface area contributed by atoms with Crippen molar-refractivity contribution in [2.24, 2.45) is 0 Å². The lowest BCUT2D eigenvalue weighted by Crippen LogP contribution is -2.15. The first-order valence-electron chi connectivity index (χ1n) is 4.96. The van der Waals surface area contributed by atoms with Crippen LogP contribution in [0.15, 0.2) is 32.4 Å². The molecule has 0 bridgehead atoms. The Labute approximate surface area is 125 Å². The Morgan fingerprint density at radius 3 is 2.80 bits per heavy atom. The maximum Gasteiger partial charge on any atom is 0.356 e. The van der Waals surface area contributed by atoms with Crippen LogP contribution in [0.5, 0.6) is 0 Å². The van der Waals surface area contributed by atoms with Crippen molar-refractivity contribution < 1.29 is 22.7 Å². The Hall–Kier alpha value is -1.52. The predicted molar refractivity (Wildman–Crippen MR) is 74.0 cm³/mol. The predicted octanol–water partition coefficient (Wildman–Crippen LogP) is 2.54. The second-order valence-electron chi connectivity index (χ2n) is 3.52. The van der Waals surface area contributed by atoms with Crippen LogP contribution in [0.3, 0.4) is 0 Å². The van der Waals surface area contributed by atoms with Gasteiger partial charge in [0.1, 0.15) is 5.82 Å². The Bertz CT molecular complexity index is 775. The van der Waals surface area contributed by atoms with Crippen molar-refractivity contribution in [3.63, 3.8) is 0 Å². The summed E-state index contributed by atoms with van der Waals surface area (Å²) in [6.45, 7) is 0. The van der Waals surface area contributed by atoms with Crippen LogP contribution in [0, 0.1) is 5.82 Å². The molecule has 0 aliphatic rings. The first kappa shape index (κ1) is 14.9. The summed E-state index contributed by atoms with van der Waals surface area (Å²) in [5, 5.41) is 8.87. The molecule has 0 aliphatic carbocycles. The molecule has 2 N–H and O–H groups in total. The maximum atomic E-state index is 13.1. The van der Waals surface area contributed by atoms with Gasteiger partial charge in [-0.25, -0.2) is 22.6 Å². The molecule has 0 unspecified atom stereocenters. The van der Waals surface area contributed by atoms with Crippen LogP contribution in [-0.2, 0) is 10.0 Å². The lowest BCUT2D eigenvalue weighted by Gasteiger charge is -2.08. The fourth-order valence-electron chi connectivity index (χ4n) is 1.34. The number of nitrogens with one attached hydrogen (secondary N) is 1. The van der Waals surface area contributed by atoms with Crippen LogP contribution in [0.2, 0.25) is 0 Å². The number of hydrogen-bond donors (Lipinski definition) is 2. The van der Waals surface area contributed by atoms with Crippen LogP contribution >= 0.6 is 27.3 Å². The number of anilines is 1. The van der Waals surface area contributed by atoms with E-state index in [1.54, 1.807) is 0 Å². The summed E-state index contributed by atoms with van der Waals surface area (Å²) in [5.74, 6) is -2.08. The number of aromatic carboxylic acids is 1. The van der Waals surface area contributed by atoms with E-state index in [4.69, 9.17) is 5.11 Å². The van der Waals surface area contributed by atoms with Crippen LogP contribution < -0.4 is 4.72 Å². The van der Waals surface area contributed by atoms with Crippen molar-refractivity contribution in [2.75, 3.05) is 4.72 Å². The number of sulfonamides is 1. The van der Waals surface area contributed by atoms with Crippen LogP contribution in [0.4, 0.5) is 10.1 Å². The summed E-state index contributed by atoms with van der Waals surface area (Å²) in [4.78, 5) is 14.4. The van der Waals surface area contributed by atoms with Crippen molar-refractivity contribution in [1.82, 2.24) is 4.98 Å². The molecule has 0 radical (unpaired) electrons. The zero-order chi connectivity index (χ0) is 14.9. The van der Waals surface area contributed by atoms with Crippen molar-refractivity contribution >= 4 is 48.9 Å². The average Bonchev–Trinajstić information content (AvgIpc) is 2.83. The topological polar surface area (TPSA) is 96.4 Å². The molecule has 0 amide bonds. The summed E-state index contributed by atoms with van der Waals surface area (Å²) >= 11 is 3.73. The highest BCUT2D eigenvalue weighted by Gasteiger charge is 2.26. The molecule has 0 spiro atoms. The molecule has 0 saturated carbocycles. The Morgan fingerprint density at radius 2 is 2.15 bits per heavy atom. The fraction of sp³-hybridized carbons (Fsp3) is 0. The standard InChI is InChI=1S/C10H6BrFN2O4S2/c11-6-2-1-5(12)3-7(6)14-20(17,18)10-8(9(15)16)13-4-19-10/h1-4,14H,(H,15,16). The van der Waals surface area contributed by atoms with E-state index in [1.807, 2.05) is 0 Å². The third-order valence-electron chi connectivity index (χ3n) is 2.15. The molecule has 0 fully saturated rings. The lowest BCUT2D eigenvalue weighted by atomic mass is 10.3. The van der Waals surface area contributed by atoms with Crippen molar-refractivity contribution in [2.45, 2.75) is 4.21 Å². The van der Waals surface area contributed by atoms with E-state index >= 15 is 0 Å². The van der Waals surface area contributed by atoms with E-state index in [-0.39, 0.29) is 5.69 Å². The minimum Gasteiger partial charge on any atom is -0.476 e. The van der Waals surface area contributed by atoms with Gasteiger partial charge in [0, 0.05) is 4.47 Å². The third-order valence-corrected chi connectivity index (χ3v) is 5.58. The van der Waals surface area contributed by atoms with Gasteiger partial charge in [-0.05, 0) is 34.1 Å². The van der Waals surface area contributed by atoms with Crippen molar-refractivity contribution in [3.05, 3.63) is 39.7 Å². The molecule has 1 aromatic heterocycles. The molecular weight excluding hydrogens is 375 g/mol. The van der Waals surface area contributed by atoms with Gasteiger partial charge >= 0.3 is 5.97 Å². The molecule has 2 aromatic rings. The summed E-state index contributed by atoms with van der Waals surface area (Å²) in [6.07, 6.45) is 0. The highest BCUT2D eigenvalue weighted by molar-refractivity contribution is 9.10. The number of thiazole rings is 1. The second-order valence-corrected chi connectivity index (χ2v) is 7.11. The first-order valence-corrected chi connectivity index (χ1v) is 8.11. The molecule has 2 rings (SSSR count). The molecule has 20 heavy (non-hydrogen) atoms. The average molecular weight is 381 g/mol. The number of nitrogens with zero attached hydrogens (tertiary/aromatic N) is 1. The van der Waals surface area contributed by atoms with Crippen molar-refractivity contribution in [1.29, 1.82) is 0 Å². The second kappa shape index (κ2) is 5.46. The number of halogens is 2. The third kappa shape index (κ3) is 2.97. The van der Waals surface area contributed by atoms with Gasteiger partial charge in [-0.1, -0.05) is 0 Å². The quantitative estimate of drug-likeness (QED) is 0.849. The highest BCUT2D eigenvalue weighted by Crippen LogP contribution is 2.28. The van der Waals surface area contributed by atoms with Gasteiger partial charge in [-0.3, -0.25) is 4.72 Å². The van der Waals surface area contributed by atoms with Crippen LogP contribution in [0.1, 0.15) is 10.5 Å². The minimum absolute atomic E-state index is 0.0326. The monoisotopic (exact) mass is 380 g/mol. The molecular formula is C10H6BrFN2O4S2. The van der Waals surface area contributed by atoms with E-state index in [9.17, 15) is 17.6 Å². The fourth-order valence-corrected chi connectivity index (χ4v) is 4.02. The normalized spacial score (nSPS) is 11.3. The lowest BCUT2D eigenvalue weighted by molar-refractivity contribution is 0.0687. The number of carboxylic acid groups (broad SMARTS) is 1. The van der Waals surface area contributed by atoms with Gasteiger partial charge in [0.2, 0.25) is 0 Å². The van der Waals surface area contributed by atoms with Crippen LogP contribution in [0.25, 0.3) is 0 Å². The summed E-state index contributed by atoms with van der Waals surface area (Å²) in [7, 11) is -4.16. The zero-order valence-electron chi connectivity index (χ0n) is 9.50. The van der Waals surface area contributed by atoms with Crippen LogP contribution in [-0.4, -0.2) is 24.5 Å². The number of aromatic nitrogens is 1. The number of carbonyl (C=O) groups is 1. The van der Waals surface area contributed by atoms with Gasteiger partial charge in [0.15, 0.2) is 9.90 Å². The molecule has 0 atom stereocenters. The van der Waals surface area contributed by atoms with Gasteiger partial charge in [-0.15, -0.1) is 11.3 Å². The minimum atomic E-state index is -4.16. The van der Waals surface area contributed by atoms with E-state index in [2.05, 4.69) is 25.6 Å². The molecule has 1 heterocycles. The molecule has 0 saturated heterocycles. The summed E-state index contributed by atoms with van der Waals surface area (Å²) in [6, 6.07) is 3.46. The van der Waals surface area contributed by atoms with E-state index < -0.39 is 31.7 Å². The van der Waals surface area contributed by atoms with Gasteiger partial charge in [-0.2, -0.15) is 0 Å². The highest BCUT2D eigenvalue weighted by atomic mass is 79.9. The first-order chi connectivity index (χ1) is 9.31. The van der Waals surface area contributed by atoms with Gasteiger partial charge in [0.25, 0.3) is 10.0 Å². The number of rotatable bonds is 4. The Morgan fingerprint density at radius 1 is 1.45 bits per heavy atom. The molecule has 0 aliphatic heterocycles. The molecule has 10 heteroatoms.